The molecule has 4 nitrogen and oxygen atoms in total. The fraction of sp³-hybridized carbons (Fsp3) is 0.524. The number of amides is 1. The van der Waals surface area contributed by atoms with Crippen molar-refractivity contribution in [3.05, 3.63) is 28.7 Å². The van der Waals surface area contributed by atoms with Crippen LogP contribution >= 0.6 is 15.9 Å². The second-order valence-electron chi connectivity index (χ2n) is 7.85. The number of alkyl halides is 4. The highest BCUT2D eigenvalue weighted by Gasteiger charge is 2.63. The minimum Gasteiger partial charge on any atom is -0.335 e. The predicted molar refractivity (Wildman–Crippen MR) is 110 cm³/mol. The van der Waals surface area contributed by atoms with Gasteiger partial charge in [0.05, 0.1) is 6.07 Å². The molecule has 3 unspecified atom stereocenters. The van der Waals surface area contributed by atoms with Crippen LogP contribution in [0.25, 0.3) is 0 Å². The van der Waals surface area contributed by atoms with Crippen LogP contribution in [0, 0.1) is 23.2 Å². The second-order valence-corrected chi connectivity index (χ2v) is 8.76. The molecular formula is C21H23BrF4N3O+. The number of carbonyl (C=O) groups is 1. The molecule has 0 spiro atoms. The summed E-state index contributed by atoms with van der Waals surface area (Å²) < 4.78 is 57.6. The van der Waals surface area contributed by atoms with Gasteiger partial charge in [0.25, 0.3) is 5.91 Å². The van der Waals surface area contributed by atoms with Crippen LogP contribution in [0.2, 0.25) is 0 Å². The van der Waals surface area contributed by atoms with Crippen molar-refractivity contribution in [2.24, 2.45) is 0 Å². The number of carbonyl (C=O) groups excluding carboxylic acids is 1. The Bertz CT molecular complexity index is 862. The number of nitrogens with one attached hydrogen (secondary N) is 1. The molecule has 162 valence electrons. The van der Waals surface area contributed by atoms with E-state index < -0.39 is 47.4 Å². The molecule has 3 atom stereocenters. The molecule has 1 aromatic rings. The third-order valence-corrected chi connectivity index (χ3v) is 5.50. The molecule has 0 aromatic heterocycles. The van der Waals surface area contributed by atoms with E-state index in [0.717, 1.165) is 13.8 Å². The highest BCUT2D eigenvalue weighted by atomic mass is 79.9. The third-order valence-electron chi connectivity index (χ3n) is 4.97. The summed E-state index contributed by atoms with van der Waals surface area (Å²) in [6.45, 7) is 1.52. The van der Waals surface area contributed by atoms with E-state index in [-0.39, 0.29) is 12.1 Å². The average Bonchev–Trinajstić information content (AvgIpc) is 2.66. The van der Waals surface area contributed by atoms with Gasteiger partial charge in [-0.25, -0.2) is 4.39 Å². The molecule has 2 rings (SSSR count). The standard InChI is InChI=1S/C21H22BrF4N3O/c1-20(2,23)13-18-19(30)28-16(14-27)7-5-3-4-6-12-29(18,21(24,25)26)17-10-8-15(22)9-11-17/h8-11,16,18H,3,5,7,12-13H2,1-2H3/p+1. The maximum atomic E-state index is 14.7. The largest absolute Gasteiger partial charge is 0.567 e. The molecular weight excluding hydrogens is 466 g/mol. The zero-order valence-corrected chi connectivity index (χ0v) is 18.3. The highest BCUT2D eigenvalue weighted by molar-refractivity contribution is 9.10. The molecule has 0 fully saturated rings. The van der Waals surface area contributed by atoms with Crippen molar-refractivity contribution < 1.29 is 22.4 Å². The summed E-state index contributed by atoms with van der Waals surface area (Å²) in [6.07, 6.45) is -4.65. The van der Waals surface area contributed by atoms with Crippen molar-refractivity contribution in [3.63, 3.8) is 0 Å². The molecule has 30 heavy (non-hydrogen) atoms. The van der Waals surface area contributed by atoms with Crippen LogP contribution in [0.15, 0.2) is 28.7 Å². The van der Waals surface area contributed by atoms with E-state index in [0.29, 0.717) is 17.3 Å². The summed E-state index contributed by atoms with van der Waals surface area (Å²) in [4.78, 5) is 13.1. The Labute approximate surface area is 182 Å². The molecule has 0 saturated heterocycles. The van der Waals surface area contributed by atoms with E-state index in [4.69, 9.17) is 0 Å². The first-order chi connectivity index (χ1) is 13.9. The molecule has 0 bridgehead atoms. The molecule has 1 N–H and O–H groups in total. The van der Waals surface area contributed by atoms with Crippen molar-refractivity contribution in [1.29, 1.82) is 5.26 Å². The third kappa shape index (κ3) is 5.53. The molecule has 0 saturated carbocycles. The van der Waals surface area contributed by atoms with E-state index >= 15 is 0 Å². The van der Waals surface area contributed by atoms with Crippen molar-refractivity contribution in [2.45, 2.75) is 63.6 Å². The molecule has 1 heterocycles. The summed E-state index contributed by atoms with van der Waals surface area (Å²) in [5, 5.41) is 11.7. The van der Waals surface area contributed by atoms with Crippen LogP contribution < -0.4 is 9.80 Å². The summed E-state index contributed by atoms with van der Waals surface area (Å²) in [7, 11) is 0. The van der Waals surface area contributed by atoms with Gasteiger partial charge in [-0.3, -0.25) is 4.79 Å². The van der Waals surface area contributed by atoms with Crippen LogP contribution in [0.5, 0.6) is 0 Å². The number of benzene rings is 1. The zero-order chi connectivity index (χ0) is 22.6. The number of hydrogen-bond donors (Lipinski definition) is 1. The van der Waals surface area contributed by atoms with Gasteiger partial charge >= 0.3 is 6.30 Å². The molecule has 1 amide bonds. The Morgan fingerprint density at radius 1 is 1.23 bits per heavy atom. The first-order valence-corrected chi connectivity index (χ1v) is 10.3. The minimum absolute atomic E-state index is 0.225. The Morgan fingerprint density at radius 2 is 1.87 bits per heavy atom. The molecule has 1 aliphatic rings. The van der Waals surface area contributed by atoms with Gasteiger partial charge in [-0.15, -0.1) is 13.2 Å². The quantitative estimate of drug-likeness (QED) is 0.282. The first-order valence-electron chi connectivity index (χ1n) is 9.46. The molecule has 0 aliphatic carbocycles. The zero-order valence-electron chi connectivity index (χ0n) is 16.7. The number of rotatable bonds is 3. The van der Waals surface area contributed by atoms with Crippen molar-refractivity contribution in [3.8, 4) is 17.9 Å². The maximum absolute atomic E-state index is 14.7. The highest BCUT2D eigenvalue weighted by Crippen LogP contribution is 2.42. The lowest BCUT2D eigenvalue weighted by Crippen LogP contribution is -2.70. The lowest BCUT2D eigenvalue weighted by atomic mass is 9.95. The van der Waals surface area contributed by atoms with E-state index in [2.05, 4.69) is 33.1 Å². The Hall–Kier alpha value is -2.10. The molecule has 1 aromatic carbocycles. The van der Waals surface area contributed by atoms with E-state index in [9.17, 15) is 27.6 Å². The van der Waals surface area contributed by atoms with Crippen molar-refractivity contribution in [1.82, 2.24) is 9.80 Å². The van der Waals surface area contributed by atoms with Crippen LogP contribution in [0.1, 0.15) is 39.5 Å². The summed E-state index contributed by atoms with van der Waals surface area (Å²) in [5.41, 5.74) is -2.29. The normalized spacial score (nSPS) is 25.9. The monoisotopic (exact) mass is 488 g/mol. The molecule has 1 aliphatic heterocycles. The molecule has 9 heteroatoms. The SMILES string of the molecule is CC(C)(F)CC1C(=O)NC(C#N)CCCC#CC[N+]1(c1ccc(Br)cc1)C(F)(F)F. The first kappa shape index (κ1) is 24.2. The summed E-state index contributed by atoms with van der Waals surface area (Å²) >= 11 is 3.20. The maximum Gasteiger partial charge on any atom is 0.567 e. The molecule has 0 radical (unpaired) electrons. The fourth-order valence-electron chi connectivity index (χ4n) is 3.51. The fourth-order valence-corrected chi connectivity index (χ4v) is 3.77. The second kappa shape index (κ2) is 9.36. The Kier molecular flexibility index (Phi) is 7.54. The van der Waals surface area contributed by atoms with E-state index in [1.54, 1.807) is 0 Å². The van der Waals surface area contributed by atoms with Crippen LogP contribution in [0.4, 0.5) is 23.2 Å². The van der Waals surface area contributed by atoms with Crippen LogP contribution in [-0.2, 0) is 4.79 Å². The lowest BCUT2D eigenvalue weighted by molar-refractivity contribution is -0.248. The number of halogens is 5. The summed E-state index contributed by atoms with van der Waals surface area (Å²) in [6, 6.07) is 4.45. The van der Waals surface area contributed by atoms with Gasteiger partial charge in [0.2, 0.25) is 0 Å². The smallest absolute Gasteiger partial charge is 0.335 e. The van der Waals surface area contributed by atoms with Gasteiger partial charge in [0, 0.05) is 29.4 Å². The van der Waals surface area contributed by atoms with Gasteiger partial charge in [-0.2, -0.15) is 9.74 Å². The van der Waals surface area contributed by atoms with E-state index in [1.165, 1.54) is 24.3 Å². The minimum atomic E-state index is -4.95. The van der Waals surface area contributed by atoms with Crippen molar-refractivity contribution >= 4 is 27.5 Å². The van der Waals surface area contributed by atoms with Gasteiger partial charge in [-0.1, -0.05) is 21.9 Å². The number of nitrogens with zero attached hydrogens (tertiary/aromatic N) is 2. The Morgan fingerprint density at radius 3 is 2.40 bits per heavy atom. The number of quaternary nitrogens is 1. The van der Waals surface area contributed by atoms with Crippen molar-refractivity contribution in [2.75, 3.05) is 6.54 Å². The summed E-state index contributed by atoms with van der Waals surface area (Å²) in [5.74, 6) is 4.27. The average molecular weight is 489 g/mol. The van der Waals surface area contributed by atoms with Gasteiger partial charge in [0.15, 0.2) is 12.6 Å². The van der Waals surface area contributed by atoms with Crippen LogP contribution in [0.3, 0.4) is 0 Å². The van der Waals surface area contributed by atoms with Gasteiger partial charge in [0.1, 0.15) is 17.4 Å². The van der Waals surface area contributed by atoms with Crippen LogP contribution in [-0.4, -0.2) is 36.5 Å². The van der Waals surface area contributed by atoms with Gasteiger partial charge in [-0.05, 0) is 44.7 Å². The lowest BCUT2D eigenvalue weighted by Gasteiger charge is -2.43. The topological polar surface area (TPSA) is 52.9 Å². The number of nitriles is 1. The Balaban J connectivity index is 2.78. The van der Waals surface area contributed by atoms with E-state index in [1.807, 2.05) is 6.07 Å². The predicted octanol–water partition coefficient (Wildman–Crippen LogP) is 4.98. The number of hydrogen-bond acceptors (Lipinski definition) is 2. The van der Waals surface area contributed by atoms with Gasteiger partial charge < -0.3 is 5.32 Å².